The standard InChI is InChI=1S/C15H23N5S3/c1-19-7-4-11(5-8-19)20-14(12-10-23-15(16-12)22-3)17-13(18-20)6-9-21-2/h10-11H,4-9H2,1-3H3. The van der Waals surface area contributed by atoms with Gasteiger partial charge in [0.25, 0.3) is 0 Å². The highest BCUT2D eigenvalue weighted by Crippen LogP contribution is 2.30. The largest absolute Gasteiger partial charge is 0.306 e. The smallest absolute Gasteiger partial charge is 0.178 e. The molecule has 1 fully saturated rings. The second-order valence-corrected chi connectivity index (χ2v) is 8.67. The van der Waals surface area contributed by atoms with Crippen molar-refractivity contribution in [1.29, 1.82) is 0 Å². The molecular formula is C15H23N5S3. The second kappa shape index (κ2) is 8.00. The first-order valence-corrected chi connectivity index (χ1v) is 11.3. The number of thioether (sulfide) groups is 2. The highest BCUT2D eigenvalue weighted by molar-refractivity contribution is 8.00. The second-order valence-electron chi connectivity index (χ2n) is 5.78. The Kier molecular flexibility index (Phi) is 6.01. The van der Waals surface area contributed by atoms with Gasteiger partial charge in [0, 0.05) is 17.6 Å². The van der Waals surface area contributed by atoms with Crippen molar-refractivity contribution in [1.82, 2.24) is 24.6 Å². The zero-order chi connectivity index (χ0) is 16.2. The van der Waals surface area contributed by atoms with Crippen LogP contribution in [0.15, 0.2) is 9.72 Å². The topological polar surface area (TPSA) is 46.8 Å². The number of thiazole rings is 1. The zero-order valence-electron chi connectivity index (χ0n) is 13.9. The Morgan fingerprint density at radius 2 is 2.04 bits per heavy atom. The molecular weight excluding hydrogens is 346 g/mol. The predicted molar refractivity (Wildman–Crippen MR) is 101 cm³/mol. The summed E-state index contributed by atoms with van der Waals surface area (Å²) in [4.78, 5) is 11.9. The van der Waals surface area contributed by atoms with Gasteiger partial charge in [0.15, 0.2) is 11.6 Å². The molecule has 1 saturated heterocycles. The first-order chi connectivity index (χ1) is 11.2. The molecule has 0 radical (unpaired) electrons. The molecule has 0 aromatic carbocycles. The van der Waals surface area contributed by atoms with E-state index in [4.69, 9.17) is 15.1 Å². The number of hydrogen-bond donors (Lipinski definition) is 0. The summed E-state index contributed by atoms with van der Waals surface area (Å²) in [6.07, 6.45) is 7.38. The summed E-state index contributed by atoms with van der Waals surface area (Å²) >= 11 is 5.21. The third-order valence-corrected chi connectivity index (χ3v) is 6.60. The van der Waals surface area contributed by atoms with Crippen molar-refractivity contribution in [2.75, 3.05) is 38.4 Å². The SMILES string of the molecule is CSCCc1nc(-c2csc(SC)n2)n(C2CCN(C)CC2)n1. The van der Waals surface area contributed by atoms with Crippen molar-refractivity contribution in [3.8, 4) is 11.5 Å². The van der Waals surface area contributed by atoms with Crippen LogP contribution in [0.3, 0.4) is 0 Å². The van der Waals surface area contributed by atoms with Gasteiger partial charge in [0.05, 0.1) is 6.04 Å². The van der Waals surface area contributed by atoms with Gasteiger partial charge in [-0.2, -0.15) is 16.9 Å². The molecule has 5 nitrogen and oxygen atoms in total. The highest BCUT2D eigenvalue weighted by Gasteiger charge is 2.24. The lowest BCUT2D eigenvalue weighted by Gasteiger charge is -2.29. The van der Waals surface area contributed by atoms with Gasteiger partial charge in [-0.3, -0.25) is 0 Å². The normalized spacial score (nSPS) is 17.0. The summed E-state index contributed by atoms with van der Waals surface area (Å²) < 4.78 is 3.24. The number of likely N-dealkylation sites (tertiary alicyclic amines) is 1. The van der Waals surface area contributed by atoms with Crippen molar-refractivity contribution in [3.63, 3.8) is 0 Å². The summed E-state index contributed by atoms with van der Waals surface area (Å²) in [6, 6.07) is 0.441. The molecule has 23 heavy (non-hydrogen) atoms. The first-order valence-electron chi connectivity index (χ1n) is 7.84. The number of aromatic nitrogens is 4. The van der Waals surface area contributed by atoms with E-state index in [0.29, 0.717) is 6.04 Å². The van der Waals surface area contributed by atoms with Crippen molar-refractivity contribution in [3.05, 3.63) is 11.2 Å². The maximum absolute atomic E-state index is 4.84. The number of hydrogen-bond acceptors (Lipinski definition) is 7. The van der Waals surface area contributed by atoms with Crippen LogP contribution in [0.1, 0.15) is 24.7 Å². The van der Waals surface area contributed by atoms with Crippen LogP contribution in [-0.2, 0) is 6.42 Å². The van der Waals surface area contributed by atoms with E-state index < -0.39 is 0 Å². The van der Waals surface area contributed by atoms with Crippen LogP contribution in [0.2, 0.25) is 0 Å². The van der Waals surface area contributed by atoms with E-state index in [1.54, 1.807) is 23.1 Å². The Morgan fingerprint density at radius 1 is 1.26 bits per heavy atom. The molecule has 0 aliphatic carbocycles. The molecule has 3 heterocycles. The number of aryl methyl sites for hydroxylation is 1. The fourth-order valence-electron chi connectivity index (χ4n) is 2.79. The summed E-state index contributed by atoms with van der Waals surface area (Å²) in [7, 11) is 2.19. The Bertz CT molecular complexity index is 631. The summed E-state index contributed by atoms with van der Waals surface area (Å²) in [5.74, 6) is 2.96. The van der Waals surface area contributed by atoms with E-state index in [-0.39, 0.29) is 0 Å². The Hall–Kier alpha value is -0.570. The van der Waals surface area contributed by atoms with Crippen molar-refractivity contribution in [2.24, 2.45) is 0 Å². The zero-order valence-corrected chi connectivity index (χ0v) is 16.3. The number of rotatable bonds is 6. The lowest BCUT2D eigenvalue weighted by Crippen LogP contribution is -2.32. The minimum atomic E-state index is 0.441. The molecule has 0 spiro atoms. The fourth-order valence-corrected chi connectivity index (χ4v) is 4.42. The van der Waals surface area contributed by atoms with Crippen LogP contribution in [0.25, 0.3) is 11.5 Å². The van der Waals surface area contributed by atoms with E-state index in [1.807, 2.05) is 11.8 Å². The number of nitrogens with zero attached hydrogens (tertiary/aromatic N) is 5. The van der Waals surface area contributed by atoms with Gasteiger partial charge < -0.3 is 4.90 Å². The van der Waals surface area contributed by atoms with Crippen molar-refractivity contribution >= 4 is 34.9 Å². The van der Waals surface area contributed by atoms with Crippen molar-refractivity contribution < 1.29 is 0 Å². The Labute approximate surface area is 150 Å². The lowest BCUT2D eigenvalue weighted by atomic mass is 10.1. The van der Waals surface area contributed by atoms with Crippen LogP contribution in [0.4, 0.5) is 0 Å². The number of piperidine rings is 1. The molecule has 2 aromatic heterocycles. The summed E-state index contributed by atoms with van der Waals surface area (Å²) in [5.41, 5.74) is 0.973. The molecule has 0 atom stereocenters. The van der Waals surface area contributed by atoms with Crippen LogP contribution in [0.5, 0.6) is 0 Å². The van der Waals surface area contributed by atoms with E-state index in [1.165, 1.54) is 0 Å². The molecule has 1 aliphatic rings. The van der Waals surface area contributed by atoms with Gasteiger partial charge in [-0.05, 0) is 45.5 Å². The molecule has 3 rings (SSSR count). The third kappa shape index (κ3) is 4.10. The first kappa shape index (κ1) is 17.3. The molecule has 0 amide bonds. The lowest BCUT2D eigenvalue weighted by molar-refractivity contribution is 0.213. The quantitative estimate of drug-likeness (QED) is 0.728. The van der Waals surface area contributed by atoms with Crippen LogP contribution < -0.4 is 0 Å². The van der Waals surface area contributed by atoms with Crippen LogP contribution in [-0.4, -0.2) is 63.0 Å². The van der Waals surface area contributed by atoms with Crippen LogP contribution >= 0.6 is 34.9 Å². The molecule has 1 aliphatic heterocycles. The maximum Gasteiger partial charge on any atom is 0.178 e. The van der Waals surface area contributed by atoms with Gasteiger partial charge in [-0.15, -0.1) is 11.3 Å². The molecule has 2 aromatic rings. The highest BCUT2D eigenvalue weighted by atomic mass is 32.2. The van der Waals surface area contributed by atoms with Gasteiger partial charge in [-0.1, -0.05) is 11.8 Å². The Balaban J connectivity index is 1.90. The van der Waals surface area contributed by atoms with Crippen LogP contribution in [0, 0.1) is 0 Å². The minimum Gasteiger partial charge on any atom is -0.306 e. The molecule has 0 unspecified atom stereocenters. The van der Waals surface area contributed by atoms with Gasteiger partial charge in [0.2, 0.25) is 0 Å². The van der Waals surface area contributed by atoms with E-state index >= 15 is 0 Å². The maximum atomic E-state index is 4.84. The molecule has 0 N–H and O–H groups in total. The average Bonchev–Trinajstić information content (AvgIpc) is 3.20. The predicted octanol–water partition coefficient (Wildman–Crippen LogP) is 3.30. The van der Waals surface area contributed by atoms with Gasteiger partial charge in [0.1, 0.15) is 10.0 Å². The van der Waals surface area contributed by atoms with Gasteiger partial charge in [-0.25, -0.2) is 14.6 Å². The Morgan fingerprint density at radius 3 is 2.70 bits per heavy atom. The van der Waals surface area contributed by atoms with E-state index in [2.05, 4.69) is 34.5 Å². The average molecular weight is 370 g/mol. The van der Waals surface area contributed by atoms with E-state index in [0.717, 1.165) is 59.8 Å². The molecule has 0 bridgehead atoms. The third-order valence-electron chi connectivity index (χ3n) is 4.13. The summed E-state index contributed by atoms with van der Waals surface area (Å²) in [5, 5.41) is 6.95. The summed E-state index contributed by atoms with van der Waals surface area (Å²) in [6.45, 7) is 2.24. The molecule has 126 valence electrons. The molecule has 0 saturated carbocycles. The van der Waals surface area contributed by atoms with Gasteiger partial charge >= 0.3 is 0 Å². The molecule has 8 heteroatoms. The minimum absolute atomic E-state index is 0.441. The van der Waals surface area contributed by atoms with Crippen molar-refractivity contribution in [2.45, 2.75) is 29.6 Å². The fraction of sp³-hybridized carbons (Fsp3) is 0.667. The van der Waals surface area contributed by atoms with E-state index in [9.17, 15) is 0 Å². The monoisotopic (exact) mass is 369 g/mol.